The van der Waals surface area contributed by atoms with Gasteiger partial charge < -0.3 is 4.90 Å². The molecule has 124 valence electrons. The predicted molar refractivity (Wildman–Crippen MR) is 99.9 cm³/mol. The Morgan fingerprint density at radius 1 is 1.00 bits per heavy atom. The van der Waals surface area contributed by atoms with Crippen LogP contribution in [0.5, 0.6) is 0 Å². The molecule has 1 aromatic carbocycles. The molecule has 4 heteroatoms. The van der Waals surface area contributed by atoms with Crippen LogP contribution >= 0.6 is 0 Å². The summed E-state index contributed by atoms with van der Waals surface area (Å²) >= 11 is 0. The lowest BCUT2D eigenvalue weighted by molar-refractivity contribution is 0.0998. The molecule has 0 aliphatic heterocycles. The highest BCUT2D eigenvalue weighted by Crippen LogP contribution is 2.28. The van der Waals surface area contributed by atoms with Crippen LogP contribution in [0.15, 0.2) is 74.0 Å². The zero-order chi connectivity index (χ0) is 17.8. The van der Waals surface area contributed by atoms with Crippen LogP contribution in [0.4, 0.5) is 5.69 Å². The van der Waals surface area contributed by atoms with Crippen LogP contribution in [0, 0.1) is 0 Å². The van der Waals surface area contributed by atoms with Crippen molar-refractivity contribution in [2.75, 3.05) is 18.0 Å². The Labute approximate surface area is 146 Å². The molecule has 0 bridgehead atoms. The molecule has 0 unspecified atom stereocenters. The highest BCUT2D eigenvalue weighted by Gasteiger charge is 2.27. The van der Waals surface area contributed by atoms with Gasteiger partial charge in [-0.3, -0.25) is 14.6 Å². The van der Waals surface area contributed by atoms with Gasteiger partial charge in [0.05, 0.1) is 5.56 Å². The summed E-state index contributed by atoms with van der Waals surface area (Å²) in [6.07, 6.45) is 6.57. The molecular weight excluding hydrogens is 312 g/mol. The molecule has 0 saturated carbocycles. The zero-order valence-corrected chi connectivity index (χ0v) is 13.8. The monoisotopic (exact) mass is 330 g/mol. The number of anilines is 1. The second-order valence-electron chi connectivity index (χ2n) is 5.68. The maximum atomic E-state index is 12.7. The SMILES string of the molecule is C=CCN(CC=C)c1ccc(C2=CC(=O)c3cccnc3C2=O)cc1. The lowest BCUT2D eigenvalue weighted by Gasteiger charge is -2.22. The van der Waals surface area contributed by atoms with Crippen LogP contribution in [0.2, 0.25) is 0 Å². The minimum Gasteiger partial charge on any atom is -0.364 e. The fraction of sp³-hybridized carbons (Fsp3) is 0.0952. The molecular formula is C21H18N2O2. The third-order valence-electron chi connectivity index (χ3n) is 4.05. The number of hydrogen-bond acceptors (Lipinski definition) is 4. The smallest absolute Gasteiger partial charge is 0.212 e. The number of allylic oxidation sites excluding steroid dienone is 2. The molecule has 0 amide bonds. The number of hydrogen-bond donors (Lipinski definition) is 0. The number of Topliss-reactive ketones (excluding diaryl/α,β-unsaturated/α-hetero) is 1. The topological polar surface area (TPSA) is 50.3 Å². The molecule has 2 aromatic rings. The Morgan fingerprint density at radius 3 is 2.32 bits per heavy atom. The molecule has 0 radical (unpaired) electrons. The van der Waals surface area contributed by atoms with Gasteiger partial charge in [-0.2, -0.15) is 0 Å². The van der Waals surface area contributed by atoms with Gasteiger partial charge in [-0.05, 0) is 35.9 Å². The first-order valence-corrected chi connectivity index (χ1v) is 7.98. The molecule has 3 rings (SSSR count). The predicted octanol–water partition coefficient (Wildman–Crippen LogP) is 3.72. The summed E-state index contributed by atoms with van der Waals surface area (Å²) in [6.45, 7) is 8.92. The molecule has 4 nitrogen and oxygen atoms in total. The average molecular weight is 330 g/mol. The summed E-state index contributed by atoms with van der Waals surface area (Å²) in [5, 5.41) is 0. The van der Waals surface area contributed by atoms with Gasteiger partial charge in [0, 0.05) is 30.5 Å². The quantitative estimate of drug-likeness (QED) is 0.758. The number of nitrogens with zero attached hydrogens (tertiary/aromatic N) is 2. The lowest BCUT2D eigenvalue weighted by atomic mass is 9.89. The van der Waals surface area contributed by atoms with Gasteiger partial charge in [0.25, 0.3) is 0 Å². The molecule has 0 N–H and O–H groups in total. The van der Waals surface area contributed by atoms with Crippen LogP contribution < -0.4 is 4.90 Å². The average Bonchev–Trinajstić information content (AvgIpc) is 2.65. The maximum Gasteiger partial charge on any atom is 0.212 e. The minimum absolute atomic E-state index is 0.193. The van der Waals surface area contributed by atoms with Crippen molar-refractivity contribution in [3.63, 3.8) is 0 Å². The van der Waals surface area contributed by atoms with E-state index in [2.05, 4.69) is 23.0 Å². The van der Waals surface area contributed by atoms with Gasteiger partial charge in [0.2, 0.25) is 5.78 Å². The van der Waals surface area contributed by atoms with Gasteiger partial charge in [0.1, 0.15) is 5.69 Å². The second-order valence-corrected chi connectivity index (χ2v) is 5.68. The summed E-state index contributed by atoms with van der Waals surface area (Å²) in [6, 6.07) is 10.8. The Bertz CT molecular complexity index is 869. The van der Waals surface area contributed by atoms with Crippen molar-refractivity contribution in [2.24, 2.45) is 0 Å². The molecule has 1 aliphatic rings. The van der Waals surface area contributed by atoms with E-state index in [1.165, 1.54) is 12.3 Å². The fourth-order valence-corrected chi connectivity index (χ4v) is 2.85. The van der Waals surface area contributed by atoms with E-state index >= 15 is 0 Å². The van der Waals surface area contributed by atoms with Crippen LogP contribution in [0.25, 0.3) is 5.57 Å². The molecule has 25 heavy (non-hydrogen) atoms. The first kappa shape index (κ1) is 16.6. The Hall–Kier alpha value is -3.27. The van der Waals surface area contributed by atoms with Gasteiger partial charge in [-0.1, -0.05) is 24.3 Å². The minimum atomic E-state index is -0.225. The summed E-state index contributed by atoms with van der Waals surface area (Å²) in [4.78, 5) is 31.1. The number of carbonyl (C=O) groups excluding carboxylic acids is 2. The van der Waals surface area contributed by atoms with Crippen molar-refractivity contribution in [3.8, 4) is 0 Å². The number of aromatic nitrogens is 1. The Balaban J connectivity index is 1.93. The van der Waals surface area contributed by atoms with Crippen LogP contribution in [-0.2, 0) is 0 Å². The number of carbonyl (C=O) groups is 2. The standard InChI is InChI=1S/C21H18N2O2/c1-3-12-23(13-4-2)16-9-7-15(8-10-16)18-14-19(24)17-6-5-11-22-20(17)21(18)25/h3-11,14H,1-2,12-13H2. The van der Waals surface area contributed by atoms with Crippen LogP contribution in [0.1, 0.15) is 26.4 Å². The fourth-order valence-electron chi connectivity index (χ4n) is 2.85. The first-order chi connectivity index (χ1) is 12.2. The third-order valence-corrected chi connectivity index (χ3v) is 4.05. The van der Waals surface area contributed by atoms with Crippen molar-refractivity contribution in [1.29, 1.82) is 0 Å². The maximum absolute atomic E-state index is 12.7. The van der Waals surface area contributed by atoms with Crippen LogP contribution in [0.3, 0.4) is 0 Å². The van der Waals surface area contributed by atoms with E-state index in [0.717, 1.165) is 5.69 Å². The van der Waals surface area contributed by atoms with E-state index in [9.17, 15) is 9.59 Å². The molecule has 0 atom stereocenters. The van der Waals surface area contributed by atoms with Gasteiger partial charge >= 0.3 is 0 Å². The highest BCUT2D eigenvalue weighted by atomic mass is 16.1. The van der Waals surface area contributed by atoms with E-state index in [1.807, 2.05) is 36.4 Å². The summed E-state index contributed by atoms with van der Waals surface area (Å²) < 4.78 is 0. The van der Waals surface area contributed by atoms with Crippen molar-refractivity contribution in [3.05, 3.63) is 90.8 Å². The van der Waals surface area contributed by atoms with Gasteiger partial charge in [0.15, 0.2) is 5.78 Å². The lowest BCUT2D eigenvalue weighted by Crippen LogP contribution is -2.23. The summed E-state index contributed by atoms with van der Waals surface area (Å²) in [5.41, 5.74) is 2.65. The Morgan fingerprint density at radius 2 is 1.68 bits per heavy atom. The van der Waals surface area contributed by atoms with Crippen molar-refractivity contribution in [2.45, 2.75) is 0 Å². The number of fused-ring (bicyclic) bond motifs is 1. The zero-order valence-electron chi connectivity index (χ0n) is 13.8. The normalized spacial score (nSPS) is 13.0. The van der Waals surface area contributed by atoms with Gasteiger partial charge in [-0.15, -0.1) is 13.2 Å². The van der Waals surface area contributed by atoms with Crippen molar-refractivity contribution < 1.29 is 9.59 Å². The number of rotatable bonds is 6. The largest absolute Gasteiger partial charge is 0.364 e. The number of pyridine rings is 1. The molecule has 1 heterocycles. The van der Waals surface area contributed by atoms with Crippen molar-refractivity contribution >= 4 is 22.8 Å². The van der Waals surface area contributed by atoms with E-state index in [1.54, 1.807) is 12.1 Å². The molecule has 0 saturated heterocycles. The third kappa shape index (κ3) is 3.19. The van der Waals surface area contributed by atoms with Crippen molar-refractivity contribution in [1.82, 2.24) is 4.98 Å². The van der Waals surface area contributed by atoms with E-state index < -0.39 is 0 Å². The Kier molecular flexibility index (Phi) is 4.70. The van der Waals surface area contributed by atoms with E-state index in [4.69, 9.17) is 0 Å². The molecule has 0 fully saturated rings. The number of benzene rings is 1. The van der Waals surface area contributed by atoms with Gasteiger partial charge in [-0.25, -0.2) is 0 Å². The summed E-state index contributed by atoms with van der Waals surface area (Å²) in [7, 11) is 0. The second kappa shape index (κ2) is 7.09. The van der Waals surface area contributed by atoms with E-state index in [0.29, 0.717) is 29.8 Å². The first-order valence-electron chi connectivity index (χ1n) is 7.98. The van der Waals surface area contributed by atoms with Crippen LogP contribution in [-0.4, -0.2) is 29.6 Å². The molecule has 1 aromatic heterocycles. The molecule has 1 aliphatic carbocycles. The molecule has 0 spiro atoms. The number of ketones is 2. The summed E-state index contributed by atoms with van der Waals surface area (Å²) in [5.74, 6) is -0.418. The van der Waals surface area contributed by atoms with E-state index in [-0.39, 0.29) is 17.3 Å². The highest BCUT2D eigenvalue weighted by molar-refractivity contribution is 6.37.